The molecule has 1 amide bonds. The molecule has 1 aliphatic rings. The van der Waals surface area contributed by atoms with Gasteiger partial charge in [-0.2, -0.15) is 0 Å². The van der Waals surface area contributed by atoms with Gasteiger partial charge >= 0.3 is 0 Å². The predicted molar refractivity (Wildman–Crippen MR) is 81.5 cm³/mol. The average Bonchev–Trinajstić information content (AvgIpc) is 2.96. The van der Waals surface area contributed by atoms with E-state index in [-0.39, 0.29) is 24.4 Å². The average molecular weight is 318 g/mol. The monoisotopic (exact) mass is 317 g/mol. The third-order valence-electron chi connectivity index (χ3n) is 3.66. The maximum absolute atomic E-state index is 11.9. The summed E-state index contributed by atoms with van der Waals surface area (Å²) in [4.78, 5) is 11.9. The van der Waals surface area contributed by atoms with Crippen LogP contribution >= 0.6 is 12.4 Å². The highest BCUT2D eigenvalue weighted by Gasteiger charge is 2.21. The van der Waals surface area contributed by atoms with Crippen LogP contribution in [0.4, 0.5) is 0 Å². The summed E-state index contributed by atoms with van der Waals surface area (Å²) in [6.45, 7) is 6.42. The number of aromatic nitrogens is 1. The van der Waals surface area contributed by atoms with E-state index < -0.39 is 0 Å². The first-order chi connectivity index (χ1) is 9.74. The van der Waals surface area contributed by atoms with Gasteiger partial charge in [0.15, 0.2) is 5.76 Å². The molecule has 120 valence electrons. The summed E-state index contributed by atoms with van der Waals surface area (Å²) in [5.41, 5.74) is 0.971. The van der Waals surface area contributed by atoms with E-state index in [1.807, 2.05) is 6.07 Å². The van der Waals surface area contributed by atoms with Crippen LogP contribution in [-0.2, 0) is 16.1 Å². The minimum Gasteiger partial charge on any atom is -0.378 e. The number of nitrogens with zero attached hydrogens (tertiary/aromatic N) is 1. The molecule has 7 heteroatoms. The maximum atomic E-state index is 11.9. The molecule has 6 nitrogen and oxygen atoms in total. The number of halogens is 1. The lowest BCUT2D eigenvalue weighted by Crippen LogP contribution is -2.51. The zero-order chi connectivity index (χ0) is 14.4. The zero-order valence-electron chi connectivity index (χ0n) is 12.6. The topological polar surface area (TPSA) is 76.4 Å². The van der Waals surface area contributed by atoms with Crippen LogP contribution in [0.2, 0.25) is 0 Å². The summed E-state index contributed by atoms with van der Waals surface area (Å²) in [5, 5.41) is 10.0. The van der Waals surface area contributed by atoms with Gasteiger partial charge in [-0.3, -0.25) is 4.79 Å². The number of carbonyl (C=O) groups excluding carboxylic acids is 1. The molecule has 1 aliphatic heterocycles. The van der Waals surface area contributed by atoms with Crippen LogP contribution in [0.15, 0.2) is 10.6 Å². The van der Waals surface area contributed by atoms with Crippen molar-refractivity contribution in [2.45, 2.75) is 45.2 Å². The SMILES string of the molecule is CCC(CC)c1cc(CNC(=O)C2COCCN2)on1.Cl. The fourth-order valence-corrected chi connectivity index (χ4v) is 2.34. The lowest BCUT2D eigenvalue weighted by molar-refractivity contribution is -0.126. The van der Waals surface area contributed by atoms with Crippen molar-refractivity contribution in [3.8, 4) is 0 Å². The third kappa shape index (κ3) is 4.98. The highest BCUT2D eigenvalue weighted by molar-refractivity contribution is 5.85. The van der Waals surface area contributed by atoms with Crippen molar-refractivity contribution >= 4 is 18.3 Å². The summed E-state index contributed by atoms with van der Waals surface area (Å²) in [5.74, 6) is 1.05. The number of amides is 1. The fraction of sp³-hybridized carbons (Fsp3) is 0.714. The van der Waals surface area contributed by atoms with Crippen LogP contribution in [-0.4, -0.2) is 36.9 Å². The molecule has 0 spiro atoms. The van der Waals surface area contributed by atoms with Crippen LogP contribution in [0, 0.1) is 0 Å². The van der Waals surface area contributed by atoms with Crippen LogP contribution in [0.1, 0.15) is 44.1 Å². The molecule has 1 saturated heterocycles. The van der Waals surface area contributed by atoms with Gasteiger partial charge in [0.25, 0.3) is 0 Å². The molecule has 0 aliphatic carbocycles. The van der Waals surface area contributed by atoms with Crippen LogP contribution < -0.4 is 10.6 Å². The van der Waals surface area contributed by atoms with Gasteiger partial charge in [-0.15, -0.1) is 12.4 Å². The number of carbonyl (C=O) groups is 1. The van der Waals surface area contributed by atoms with Crippen molar-refractivity contribution in [2.75, 3.05) is 19.8 Å². The second-order valence-corrected chi connectivity index (χ2v) is 5.03. The van der Waals surface area contributed by atoms with Gasteiger partial charge in [0.05, 0.1) is 25.5 Å². The molecule has 2 heterocycles. The second-order valence-electron chi connectivity index (χ2n) is 5.03. The number of hydrogen-bond acceptors (Lipinski definition) is 5. The van der Waals surface area contributed by atoms with Crippen LogP contribution in [0.25, 0.3) is 0 Å². The van der Waals surface area contributed by atoms with Crippen molar-refractivity contribution in [2.24, 2.45) is 0 Å². The standard InChI is InChI=1S/C14H23N3O3.ClH/c1-3-10(4-2)12-7-11(20-17-12)8-16-14(18)13-9-19-6-5-15-13;/h7,10,13,15H,3-6,8-9H2,1-2H3,(H,16,18);1H. The summed E-state index contributed by atoms with van der Waals surface area (Å²) >= 11 is 0. The normalized spacial score (nSPS) is 18.3. The number of rotatable bonds is 6. The molecule has 2 N–H and O–H groups in total. The first kappa shape index (κ1) is 17.9. The van der Waals surface area contributed by atoms with Gasteiger partial charge in [0.2, 0.25) is 5.91 Å². The Balaban J connectivity index is 0.00000220. The van der Waals surface area contributed by atoms with E-state index in [0.29, 0.717) is 38.0 Å². The quantitative estimate of drug-likeness (QED) is 0.833. The summed E-state index contributed by atoms with van der Waals surface area (Å²) in [7, 11) is 0. The van der Waals surface area contributed by atoms with E-state index in [4.69, 9.17) is 9.26 Å². The van der Waals surface area contributed by atoms with E-state index in [1.165, 1.54) is 0 Å². The first-order valence-corrected chi connectivity index (χ1v) is 7.28. The Bertz CT molecular complexity index is 429. The van der Waals surface area contributed by atoms with Gasteiger partial charge in [-0.1, -0.05) is 19.0 Å². The molecule has 0 aromatic carbocycles. The predicted octanol–water partition coefficient (Wildman–Crippen LogP) is 1.60. The van der Waals surface area contributed by atoms with Gasteiger partial charge in [0, 0.05) is 18.5 Å². The van der Waals surface area contributed by atoms with Crippen molar-refractivity contribution in [3.63, 3.8) is 0 Å². The first-order valence-electron chi connectivity index (χ1n) is 7.28. The van der Waals surface area contributed by atoms with Crippen molar-refractivity contribution < 1.29 is 14.1 Å². The lowest BCUT2D eigenvalue weighted by atomic mass is 9.99. The summed E-state index contributed by atoms with van der Waals surface area (Å²) in [6.07, 6.45) is 2.08. The number of ether oxygens (including phenoxy) is 1. The van der Waals surface area contributed by atoms with E-state index in [9.17, 15) is 4.79 Å². The highest BCUT2D eigenvalue weighted by Crippen LogP contribution is 2.22. The minimum absolute atomic E-state index is 0. The molecular formula is C14H24ClN3O3. The number of hydrogen-bond donors (Lipinski definition) is 2. The van der Waals surface area contributed by atoms with Gasteiger partial charge < -0.3 is 19.9 Å². The Kier molecular flexibility index (Phi) is 7.71. The number of morpholine rings is 1. The molecule has 1 fully saturated rings. The van der Waals surface area contributed by atoms with Crippen LogP contribution in [0.5, 0.6) is 0 Å². The molecule has 0 bridgehead atoms. The Morgan fingerprint density at radius 2 is 2.29 bits per heavy atom. The van der Waals surface area contributed by atoms with Crippen molar-refractivity contribution in [1.82, 2.24) is 15.8 Å². The van der Waals surface area contributed by atoms with Gasteiger partial charge in [-0.25, -0.2) is 0 Å². The maximum Gasteiger partial charge on any atom is 0.239 e. The van der Waals surface area contributed by atoms with Crippen molar-refractivity contribution in [3.05, 3.63) is 17.5 Å². The minimum atomic E-state index is -0.273. The Morgan fingerprint density at radius 1 is 1.52 bits per heavy atom. The highest BCUT2D eigenvalue weighted by atomic mass is 35.5. The molecular weight excluding hydrogens is 294 g/mol. The van der Waals surface area contributed by atoms with E-state index in [1.54, 1.807) is 0 Å². The molecule has 0 radical (unpaired) electrons. The smallest absolute Gasteiger partial charge is 0.239 e. The Hall–Kier alpha value is -1.11. The molecule has 0 saturated carbocycles. The second kappa shape index (κ2) is 9.02. The summed E-state index contributed by atoms with van der Waals surface area (Å²) < 4.78 is 10.5. The fourth-order valence-electron chi connectivity index (χ4n) is 2.34. The molecule has 21 heavy (non-hydrogen) atoms. The molecule has 1 atom stereocenters. The molecule has 1 unspecified atom stereocenters. The zero-order valence-corrected chi connectivity index (χ0v) is 13.4. The largest absolute Gasteiger partial charge is 0.378 e. The van der Waals surface area contributed by atoms with Gasteiger partial charge in [0.1, 0.15) is 6.04 Å². The third-order valence-corrected chi connectivity index (χ3v) is 3.66. The van der Waals surface area contributed by atoms with Crippen molar-refractivity contribution in [1.29, 1.82) is 0 Å². The lowest BCUT2D eigenvalue weighted by Gasteiger charge is -2.22. The van der Waals surface area contributed by atoms with E-state index in [2.05, 4.69) is 29.6 Å². The Labute approximate surface area is 131 Å². The summed E-state index contributed by atoms with van der Waals surface area (Å²) in [6, 6.07) is 1.66. The Morgan fingerprint density at radius 3 is 2.90 bits per heavy atom. The molecule has 1 aromatic heterocycles. The molecule has 2 rings (SSSR count). The van der Waals surface area contributed by atoms with Crippen LogP contribution in [0.3, 0.4) is 0 Å². The van der Waals surface area contributed by atoms with E-state index in [0.717, 1.165) is 18.5 Å². The number of nitrogens with one attached hydrogen (secondary N) is 2. The van der Waals surface area contributed by atoms with Gasteiger partial charge in [-0.05, 0) is 12.8 Å². The van der Waals surface area contributed by atoms with E-state index >= 15 is 0 Å². The molecule has 1 aromatic rings.